The van der Waals surface area contributed by atoms with Crippen molar-refractivity contribution in [3.8, 4) is 0 Å². The molecular weight excluding hydrogens is 374 g/mol. The van der Waals surface area contributed by atoms with Gasteiger partial charge in [0.2, 0.25) is 5.91 Å². The standard InChI is InChI=1S/C18H21N3O3S.ClH/c1-13-9-10-15(20-18(22)16-8-5-11-19-16)12-17(13)25(23,24)21-14-6-3-2-4-7-14;/h2-4,6-7,9-10,12,16,19,21H,5,8,11H2,1H3,(H,20,22);1H. The maximum absolute atomic E-state index is 12.7. The summed E-state index contributed by atoms with van der Waals surface area (Å²) < 4.78 is 27.9. The van der Waals surface area contributed by atoms with Gasteiger partial charge in [0.1, 0.15) is 0 Å². The van der Waals surface area contributed by atoms with Gasteiger partial charge in [0.15, 0.2) is 0 Å². The normalized spacial score (nSPS) is 16.6. The first kappa shape index (κ1) is 20.2. The number of hydrogen-bond acceptors (Lipinski definition) is 4. The maximum Gasteiger partial charge on any atom is 0.262 e. The molecular formula is C18H22ClN3O3S. The van der Waals surface area contributed by atoms with Crippen LogP contribution in [0.3, 0.4) is 0 Å². The molecule has 1 unspecified atom stereocenters. The van der Waals surface area contributed by atoms with Crippen LogP contribution in [0.4, 0.5) is 11.4 Å². The molecule has 0 spiro atoms. The molecule has 1 aliphatic heterocycles. The second kappa shape index (κ2) is 8.53. The molecule has 0 bridgehead atoms. The van der Waals surface area contributed by atoms with E-state index in [0.29, 0.717) is 16.9 Å². The Hall–Kier alpha value is -2.09. The van der Waals surface area contributed by atoms with Gasteiger partial charge in [-0.1, -0.05) is 24.3 Å². The molecule has 1 saturated heterocycles. The predicted molar refractivity (Wildman–Crippen MR) is 105 cm³/mol. The summed E-state index contributed by atoms with van der Waals surface area (Å²) in [7, 11) is -3.74. The zero-order valence-electron chi connectivity index (χ0n) is 14.4. The summed E-state index contributed by atoms with van der Waals surface area (Å²) in [4.78, 5) is 12.4. The molecule has 1 aliphatic rings. The van der Waals surface area contributed by atoms with E-state index in [1.165, 1.54) is 6.07 Å². The molecule has 1 heterocycles. The van der Waals surface area contributed by atoms with E-state index < -0.39 is 10.0 Å². The molecule has 3 rings (SSSR count). The van der Waals surface area contributed by atoms with Gasteiger partial charge in [-0.05, 0) is 56.1 Å². The Morgan fingerprint density at radius 1 is 1.12 bits per heavy atom. The van der Waals surface area contributed by atoms with Crippen molar-refractivity contribution in [3.05, 3.63) is 54.1 Å². The third-order valence-corrected chi connectivity index (χ3v) is 5.67. The second-order valence-electron chi connectivity index (χ2n) is 6.09. The molecule has 8 heteroatoms. The fourth-order valence-electron chi connectivity index (χ4n) is 2.82. The highest BCUT2D eigenvalue weighted by molar-refractivity contribution is 7.92. The largest absolute Gasteiger partial charge is 0.325 e. The number of hydrogen-bond donors (Lipinski definition) is 3. The lowest BCUT2D eigenvalue weighted by Crippen LogP contribution is -2.35. The molecule has 0 aromatic heterocycles. The minimum atomic E-state index is -3.74. The van der Waals surface area contributed by atoms with Gasteiger partial charge in [0.05, 0.1) is 10.9 Å². The number of halogens is 1. The number of nitrogens with one attached hydrogen (secondary N) is 3. The molecule has 6 nitrogen and oxygen atoms in total. The van der Waals surface area contributed by atoms with E-state index in [0.717, 1.165) is 19.4 Å². The highest BCUT2D eigenvalue weighted by Gasteiger charge is 2.23. The summed E-state index contributed by atoms with van der Waals surface area (Å²) in [5.41, 5.74) is 1.57. The van der Waals surface area contributed by atoms with Crippen LogP contribution in [0.1, 0.15) is 18.4 Å². The number of anilines is 2. The molecule has 1 amide bonds. The number of carbonyl (C=O) groups excluding carboxylic acids is 1. The van der Waals surface area contributed by atoms with Gasteiger partial charge in [-0.3, -0.25) is 9.52 Å². The van der Waals surface area contributed by atoms with Crippen molar-refractivity contribution in [2.24, 2.45) is 0 Å². The summed E-state index contributed by atoms with van der Waals surface area (Å²) in [6, 6.07) is 13.4. The van der Waals surface area contributed by atoms with Gasteiger partial charge in [0.25, 0.3) is 10.0 Å². The average molecular weight is 396 g/mol. The van der Waals surface area contributed by atoms with Crippen LogP contribution in [0.2, 0.25) is 0 Å². The van der Waals surface area contributed by atoms with E-state index in [9.17, 15) is 13.2 Å². The zero-order chi connectivity index (χ0) is 17.9. The van der Waals surface area contributed by atoms with Gasteiger partial charge in [0, 0.05) is 11.4 Å². The van der Waals surface area contributed by atoms with Crippen molar-refractivity contribution in [2.75, 3.05) is 16.6 Å². The first-order chi connectivity index (χ1) is 12.0. The average Bonchev–Trinajstić information content (AvgIpc) is 3.11. The summed E-state index contributed by atoms with van der Waals surface area (Å²) >= 11 is 0. The Morgan fingerprint density at radius 2 is 1.85 bits per heavy atom. The molecule has 2 aromatic carbocycles. The first-order valence-corrected chi connectivity index (χ1v) is 9.67. The minimum absolute atomic E-state index is 0. The molecule has 0 radical (unpaired) electrons. The van der Waals surface area contributed by atoms with E-state index in [1.54, 1.807) is 43.3 Å². The summed E-state index contributed by atoms with van der Waals surface area (Å²) in [5, 5.41) is 5.92. The fourth-order valence-corrected chi connectivity index (χ4v) is 4.15. The highest BCUT2D eigenvalue weighted by Crippen LogP contribution is 2.23. The van der Waals surface area contributed by atoms with E-state index >= 15 is 0 Å². The maximum atomic E-state index is 12.7. The Labute approximate surface area is 159 Å². The molecule has 1 atom stereocenters. The van der Waals surface area contributed by atoms with Gasteiger partial charge in [-0.2, -0.15) is 0 Å². The molecule has 0 aliphatic carbocycles. The Morgan fingerprint density at radius 3 is 2.50 bits per heavy atom. The Kier molecular flexibility index (Phi) is 6.63. The van der Waals surface area contributed by atoms with Crippen molar-refractivity contribution < 1.29 is 13.2 Å². The molecule has 2 aromatic rings. The van der Waals surface area contributed by atoms with Crippen LogP contribution in [-0.2, 0) is 14.8 Å². The molecule has 26 heavy (non-hydrogen) atoms. The van der Waals surface area contributed by atoms with Crippen LogP contribution < -0.4 is 15.4 Å². The summed E-state index contributed by atoms with van der Waals surface area (Å²) in [6.45, 7) is 2.55. The SMILES string of the molecule is Cc1ccc(NC(=O)C2CCCN2)cc1S(=O)(=O)Nc1ccccc1.Cl. The Balaban J connectivity index is 0.00000243. The number of para-hydroxylation sites is 1. The van der Waals surface area contributed by atoms with Crippen molar-refractivity contribution in [3.63, 3.8) is 0 Å². The number of aryl methyl sites for hydroxylation is 1. The van der Waals surface area contributed by atoms with Gasteiger partial charge in [-0.15, -0.1) is 12.4 Å². The topological polar surface area (TPSA) is 87.3 Å². The van der Waals surface area contributed by atoms with Crippen LogP contribution in [0.25, 0.3) is 0 Å². The van der Waals surface area contributed by atoms with Crippen LogP contribution in [-0.4, -0.2) is 26.9 Å². The van der Waals surface area contributed by atoms with E-state index in [4.69, 9.17) is 0 Å². The van der Waals surface area contributed by atoms with Crippen LogP contribution in [0.5, 0.6) is 0 Å². The van der Waals surface area contributed by atoms with Crippen LogP contribution in [0.15, 0.2) is 53.4 Å². The lowest BCUT2D eigenvalue weighted by atomic mass is 10.2. The van der Waals surface area contributed by atoms with Crippen molar-refractivity contribution >= 4 is 39.7 Å². The van der Waals surface area contributed by atoms with Crippen LogP contribution >= 0.6 is 12.4 Å². The number of carbonyl (C=O) groups is 1. The monoisotopic (exact) mass is 395 g/mol. The van der Waals surface area contributed by atoms with Crippen molar-refractivity contribution in [2.45, 2.75) is 30.7 Å². The number of sulfonamides is 1. The molecule has 140 valence electrons. The van der Waals surface area contributed by atoms with E-state index in [2.05, 4.69) is 15.4 Å². The van der Waals surface area contributed by atoms with Crippen molar-refractivity contribution in [1.82, 2.24) is 5.32 Å². The van der Waals surface area contributed by atoms with Gasteiger partial charge in [-0.25, -0.2) is 8.42 Å². The second-order valence-corrected chi connectivity index (χ2v) is 7.74. The fraction of sp³-hybridized carbons (Fsp3) is 0.278. The Bertz CT molecular complexity index is 867. The first-order valence-electron chi connectivity index (χ1n) is 8.18. The number of benzene rings is 2. The molecule has 0 saturated carbocycles. The quantitative estimate of drug-likeness (QED) is 0.726. The minimum Gasteiger partial charge on any atom is -0.325 e. The zero-order valence-corrected chi connectivity index (χ0v) is 16.0. The van der Waals surface area contributed by atoms with E-state index in [1.807, 2.05) is 6.07 Å². The van der Waals surface area contributed by atoms with Crippen LogP contribution in [0, 0.1) is 6.92 Å². The smallest absolute Gasteiger partial charge is 0.262 e. The van der Waals surface area contributed by atoms with Gasteiger partial charge < -0.3 is 10.6 Å². The molecule has 3 N–H and O–H groups in total. The lowest BCUT2D eigenvalue weighted by molar-refractivity contribution is -0.117. The summed E-state index contributed by atoms with van der Waals surface area (Å²) in [5.74, 6) is -0.138. The van der Waals surface area contributed by atoms with Gasteiger partial charge >= 0.3 is 0 Å². The number of amides is 1. The lowest BCUT2D eigenvalue weighted by Gasteiger charge is -2.14. The molecule has 1 fully saturated rings. The van der Waals surface area contributed by atoms with E-state index in [-0.39, 0.29) is 29.3 Å². The predicted octanol–water partition coefficient (Wildman–Crippen LogP) is 2.91. The highest BCUT2D eigenvalue weighted by atomic mass is 35.5. The third-order valence-electron chi connectivity index (χ3n) is 4.15. The third kappa shape index (κ3) is 4.75. The summed E-state index contributed by atoms with van der Waals surface area (Å²) in [6.07, 6.45) is 1.75. The van der Waals surface area contributed by atoms with Crippen molar-refractivity contribution in [1.29, 1.82) is 0 Å². The number of rotatable bonds is 5.